The molecule has 2 N–H and O–H groups in total. The number of thiophene rings is 1. The van der Waals surface area contributed by atoms with E-state index in [9.17, 15) is 9.90 Å². The first-order valence-electron chi connectivity index (χ1n) is 7.66. The number of nitrogens with zero attached hydrogens (tertiary/aromatic N) is 1. The summed E-state index contributed by atoms with van der Waals surface area (Å²) in [4.78, 5) is 15.5. The van der Waals surface area contributed by atoms with Crippen molar-refractivity contribution in [3.05, 3.63) is 64.5 Å². The Morgan fingerprint density at radius 3 is 3.04 bits per heavy atom. The topological polar surface area (TPSA) is 67.2 Å². The first-order chi connectivity index (χ1) is 11.7. The summed E-state index contributed by atoms with van der Waals surface area (Å²) in [6.45, 7) is 0.326. The summed E-state index contributed by atoms with van der Waals surface area (Å²) in [6.07, 6.45) is 2.80. The summed E-state index contributed by atoms with van der Waals surface area (Å²) in [5.41, 5.74) is 0.904. The molecular weight excluding hydrogens is 324 g/mol. The fraction of sp³-hybridized carbons (Fsp3) is 0.167. The molecule has 3 aromatic heterocycles. The Morgan fingerprint density at radius 1 is 1.21 bits per heavy atom. The van der Waals surface area contributed by atoms with Crippen LogP contribution in [-0.2, 0) is 6.54 Å². The van der Waals surface area contributed by atoms with E-state index in [0.717, 1.165) is 15.6 Å². The molecule has 1 atom stereocenters. The van der Waals surface area contributed by atoms with Gasteiger partial charge in [0, 0.05) is 28.0 Å². The number of benzene rings is 1. The number of aliphatic hydroxyl groups excluding tert-OH is 1. The van der Waals surface area contributed by atoms with Crippen LogP contribution in [0.15, 0.2) is 59.0 Å². The molecular formula is C18H16N2O3S. The zero-order valence-electron chi connectivity index (χ0n) is 12.8. The summed E-state index contributed by atoms with van der Waals surface area (Å²) in [7, 11) is 0. The molecule has 24 heavy (non-hydrogen) atoms. The monoisotopic (exact) mass is 340 g/mol. The van der Waals surface area contributed by atoms with Crippen LogP contribution < -0.4 is 10.3 Å². The van der Waals surface area contributed by atoms with E-state index in [1.807, 2.05) is 48.0 Å². The lowest BCUT2D eigenvalue weighted by atomic mass is 10.2. The molecule has 0 saturated carbocycles. The smallest absolute Gasteiger partial charge is 0.259 e. The highest BCUT2D eigenvalue weighted by molar-refractivity contribution is 7.17. The highest BCUT2D eigenvalue weighted by Crippen LogP contribution is 2.24. The van der Waals surface area contributed by atoms with Crippen molar-refractivity contribution in [1.82, 2.24) is 9.55 Å². The third-order valence-corrected chi connectivity index (χ3v) is 4.87. The number of H-pyrrole nitrogens is 1. The quantitative estimate of drug-likeness (QED) is 0.587. The summed E-state index contributed by atoms with van der Waals surface area (Å²) >= 11 is 1.54. The van der Waals surface area contributed by atoms with Crippen LogP contribution >= 0.6 is 11.3 Å². The van der Waals surface area contributed by atoms with E-state index in [0.29, 0.717) is 11.1 Å². The highest BCUT2D eigenvalue weighted by Gasteiger charge is 2.11. The van der Waals surface area contributed by atoms with Crippen LogP contribution in [0.25, 0.3) is 21.0 Å². The normalized spacial score (nSPS) is 12.7. The van der Waals surface area contributed by atoms with Crippen LogP contribution in [0.2, 0.25) is 0 Å². The molecule has 0 radical (unpaired) electrons. The summed E-state index contributed by atoms with van der Waals surface area (Å²) in [6, 6.07) is 11.4. The van der Waals surface area contributed by atoms with Gasteiger partial charge in [-0.1, -0.05) is 6.07 Å². The van der Waals surface area contributed by atoms with Crippen LogP contribution in [0.5, 0.6) is 5.75 Å². The zero-order valence-corrected chi connectivity index (χ0v) is 13.6. The molecule has 4 rings (SSSR count). The molecule has 0 aliphatic heterocycles. The SMILES string of the molecule is O=c1c2ccsc2ccn1C[C@@H](O)COc1cccc2[nH]ccc12. The van der Waals surface area contributed by atoms with Crippen molar-refractivity contribution in [2.45, 2.75) is 12.6 Å². The zero-order chi connectivity index (χ0) is 16.5. The predicted octanol–water partition coefficient (Wildman–Crippen LogP) is 2.98. The van der Waals surface area contributed by atoms with E-state index in [1.165, 1.54) is 15.9 Å². The number of hydrogen-bond donors (Lipinski definition) is 2. The molecule has 5 nitrogen and oxygen atoms in total. The Balaban J connectivity index is 1.48. The molecule has 4 aromatic rings. The van der Waals surface area contributed by atoms with Crippen molar-refractivity contribution >= 4 is 32.3 Å². The molecule has 0 spiro atoms. The Kier molecular flexibility index (Phi) is 3.84. The lowest BCUT2D eigenvalue weighted by Gasteiger charge is -2.14. The Morgan fingerprint density at radius 2 is 2.12 bits per heavy atom. The minimum atomic E-state index is -0.770. The minimum Gasteiger partial charge on any atom is -0.490 e. The number of fused-ring (bicyclic) bond motifs is 2. The van der Waals surface area contributed by atoms with Gasteiger partial charge in [0.1, 0.15) is 18.5 Å². The Bertz CT molecular complexity index is 1050. The molecule has 3 heterocycles. The average Bonchev–Trinajstić information content (AvgIpc) is 3.24. The minimum absolute atomic E-state index is 0.0828. The van der Waals surface area contributed by atoms with E-state index < -0.39 is 6.10 Å². The van der Waals surface area contributed by atoms with E-state index in [4.69, 9.17) is 4.74 Å². The number of aliphatic hydroxyl groups is 1. The Hall–Kier alpha value is -2.57. The second kappa shape index (κ2) is 6.14. The number of aromatic nitrogens is 2. The lowest BCUT2D eigenvalue weighted by Crippen LogP contribution is -2.29. The van der Waals surface area contributed by atoms with Crippen molar-refractivity contribution in [2.75, 3.05) is 6.61 Å². The van der Waals surface area contributed by atoms with Crippen LogP contribution in [-0.4, -0.2) is 27.4 Å². The largest absolute Gasteiger partial charge is 0.490 e. The average molecular weight is 340 g/mol. The van der Waals surface area contributed by atoms with Gasteiger partial charge in [0.15, 0.2) is 0 Å². The molecule has 0 unspecified atom stereocenters. The second-order valence-electron chi connectivity index (χ2n) is 5.63. The van der Waals surface area contributed by atoms with E-state index in [-0.39, 0.29) is 18.7 Å². The van der Waals surface area contributed by atoms with Gasteiger partial charge in [0.25, 0.3) is 5.56 Å². The standard InChI is InChI=1S/C18H16N2O3S/c21-12(10-20-8-5-17-14(18(20)22)6-9-24-17)11-23-16-3-1-2-15-13(16)4-7-19-15/h1-9,12,19,21H,10-11H2/t12-/m1/s1. The van der Waals surface area contributed by atoms with Crippen LogP contribution in [0.3, 0.4) is 0 Å². The lowest BCUT2D eigenvalue weighted by molar-refractivity contribution is 0.0925. The summed E-state index contributed by atoms with van der Waals surface area (Å²) < 4.78 is 8.23. The van der Waals surface area contributed by atoms with E-state index >= 15 is 0 Å². The van der Waals surface area contributed by atoms with Crippen molar-refractivity contribution in [2.24, 2.45) is 0 Å². The van der Waals surface area contributed by atoms with Gasteiger partial charge < -0.3 is 19.4 Å². The molecule has 1 aromatic carbocycles. The maximum Gasteiger partial charge on any atom is 0.259 e. The van der Waals surface area contributed by atoms with Gasteiger partial charge in [-0.15, -0.1) is 11.3 Å². The van der Waals surface area contributed by atoms with Crippen molar-refractivity contribution < 1.29 is 9.84 Å². The summed E-state index contributed by atoms with van der Waals surface area (Å²) in [5.74, 6) is 0.716. The van der Waals surface area contributed by atoms with Gasteiger partial charge in [-0.05, 0) is 35.7 Å². The van der Waals surface area contributed by atoms with Gasteiger partial charge in [0.05, 0.1) is 11.9 Å². The van der Waals surface area contributed by atoms with Gasteiger partial charge in [-0.2, -0.15) is 0 Å². The third kappa shape index (κ3) is 2.70. The number of nitrogens with one attached hydrogen (secondary N) is 1. The predicted molar refractivity (Wildman–Crippen MR) is 95.9 cm³/mol. The fourth-order valence-electron chi connectivity index (χ4n) is 2.80. The molecule has 0 saturated heterocycles. The first kappa shape index (κ1) is 15.0. The maximum absolute atomic E-state index is 12.4. The first-order valence-corrected chi connectivity index (χ1v) is 8.54. The maximum atomic E-state index is 12.4. The number of pyridine rings is 1. The molecule has 6 heteroatoms. The molecule has 0 bridgehead atoms. The van der Waals surface area contributed by atoms with Gasteiger partial charge >= 0.3 is 0 Å². The van der Waals surface area contributed by atoms with Gasteiger partial charge in [-0.25, -0.2) is 0 Å². The van der Waals surface area contributed by atoms with Crippen LogP contribution in [0.1, 0.15) is 0 Å². The molecule has 122 valence electrons. The Labute approximate surface area is 141 Å². The molecule has 0 aliphatic rings. The van der Waals surface area contributed by atoms with Crippen molar-refractivity contribution in [3.63, 3.8) is 0 Å². The molecule has 0 fully saturated rings. The van der Waals surface area contributed by atoms with E-state index in [2.05, 4.69) is 4.98 Å². The summed E-state index contributed by atoms with van der Waals surface area (Å²) in [5, 5.41) is 13.8. The van der Waals surface area contributed by atoms with Gasteiger partial charge in [0.2, 0.25) is 0 Å². The molecule has 0 amide bonds. The second-order valence-corrected chi connectivity index (χ2v) is 6.58. The number of hydrogen-bond acceptors (Lipinski definition) is 4. The number of aromatic amines is 1. The fourth-order valence-corrected chi connectivity index (χ4v) is 3.57. The number of rotatable bonds is 5. The van der Waals surface area contributed by atoms with Crippen molar-refractivity contribution in [3.8, 4) is 5.75 Å². The van der Waals surface area contributed by atoms with Gasteiger partial charge in [-0.3, -0.25) is 4.79 Å². The third-order valence-electron chi connectivity index (χ3n) is 3.99. The highest BCUT2D eigenvalue weighted by atomic mass is 32.1. The molecule has 0 aliphatic carbocycles. The van der Waals surface area contributed by atoms with Crippen LogP contribution in [0.4, 0.5) is 0 Å². The van der Waals surface area contributed by atoms with Crippen molar-refractivity contribution in [1.29, 1.82) is 0 Å². The number of ether oxygens (including phenoxy) is 1. The van der Waals surface area contributed by atoms with Crippen LogP contribution in [0, 0.1) is 0 Å². The van der Waals surface area contributed by atoms with E-state index in [1.54, 1.807) is 6.20 Å².